The van der Waals surface area contributed by atoms with Crippen LogP contribution >= 0.6 is 22.9 Å². The van der Waals surface area contributed by atoms with E-state index < -0.39 is 5.97 Å². The highest BCUT2D eigenvalue weighted by Gasteiger charge is 2.18. The standard InChI is InChI=1S/C13H11ClN4O2S/c1-6-10(21-7(2)15-6)12-17-16-11-9(14)4-8(5-18(11)12)13(19)20-3/h4-5H,1-3H3. The lowest BCUT2D eigenvalue weighted by atomic mass is 10.3. The van der Waals surface area contributed by atoms with Crippen LogP contribution in [0, 0.1) is 13.8 Å². The van der Waals surface area contributed by atoms with Crippen molar-refractivity contribution in [1.82, 2.24) is 19.6 Å². The third-order valence-corrected chi connectivity index (χ3v) is 4.33. The molecule has 0 saturated carbocycles. The van der Waals surface area contributed by atoms with Crippen molar-refractivity contribution in [3.05, 3.63) is 33.6 Å². The lowest BCUT2D eigenvalue weighted by Gasteiger charge is -2.03. The highest BCUT2D eigenvalue weighted by Crippen LogP contribution is 2.30. The second kappa shape index (κ2) is 5.09. The predicted molar refractivity (Wildman–Crippen MR) is 79.9 cm³/mol. The van der Waals surface area contributed by atoms with E-state index in [1.165, 1.54) is 24.5 Å². The molecule has 3 aromatic rings. The van der Waals surface area contributed by atoms with Crippen molar-refractivity contribution in [2.75, 3.05) is 7.11 Å². The number of halogens is 1. The highest BCUT2D eigenvalue weighted by molar-refractivity contribution is 7.15. The number of hydrogen-bond donors (Lipinski definition) is 0. The van der Waals surface area contributed by atoms with Crippen molar-refractivity contribution in [2.45, 2.75) is 13.8 Å². The number of esters is 1. The van der Waals surface area contributed by atoms with Crippen LogP contribution in [0.25, 0.3) is 16.3 Å². The fourth-order valence-electron chi connectivity index (χ4n) is 2.08. The molecule has 0 aliphatic heterocycles. The molecule has 0 aromatic carbocycles. The average Bonchev–Trinajstić information content (AvgIpc) is 3.01. The fraction of sp³-hybridized carbons (Fsp3) is 0.231. The van der Waals surface area contributed by atoms with E-state index in [0.717, 1.165) is 15.6 Å². The monoisotopic (exact) mass is 322 g/mol. The Morgan fingerprint density at radius 1 is 1.38 bits per heavy atom. The van der Waals surface area contributed by atoms with Gasteiger partial charge in [-0.2, -0.15) is 0 Å². The summed E-state index contributed by atoms with van der Waals surface area (Å²) in [5.41, 5.74) is 1.70. The Morgan fingerprint density at radius 2 is 2.14 bits per heavy atom. The van der Waals surface area contributed by atoms with Gasteiger partial charge in [-0.05, 0) is 19.9 Å². The van der Waals surface area contributed by atoms with E-state index in [1.807, 2.05) is 13.8 Å². The van der Waals surface area contributed by atoms with E-state index in [0.29, 0.717) is 22.1 Å². The average molecular weight is 323 g/mol. The molecule has 0 amide bonds. The molecule has 0 N–H and O–H groups in total. The van der Waals surface area contributed by atoms with Gasteiger partial charge < -0.3 is 4.74 Å². The van der Waals surface area contributed by atoms with Crippen molar-refractivity contribution in [3.63, 3.8) is 0 Å². The third kappa shape index (κ3) is 2.28. The normalized spacial score (nSPS) is 11.0. The number of hydrogen-bond acceptors (Lipinski definition) is 6. The minimum Gasteiger partial charge on any atom is -0.465 e. The van der Waals surface area contributed by atoms with Gasteiger partial charge in [0.1, 0.15) is 0 Å². The van der Waals surface area contributed by atoms with Gasteiger partial charge in [0.05, 0.1) is 33.3 Å². The topological polar surface area (TPSA) is 69.4 Å². The summed E-state index contributed by atoms with van der Waals surface area (Å²) in [7, 11) is 1.32. The summed E-state index contributed by atoms with van der Waals surface area (Å²) in [6, 6.07) is 1.52. The molecule has 3 aromatic heterocycles. The Hall–Kier alpha value is -1.99. The number of fused-ring (bicyclic) bond motifs is 1. The number of ether oxygens (including phenoxy) is 1. The maximum Gasteiger partial charge on any atom is 0.339 e. The van der Waals surface area contributed by atoms with Crippen molar-refractivity contribution >= 4 is 34.6 Å². The Balaban J connectivity index is 2.27. The van der Waals surface area contributed by atoms with E-state index in [9.17, 15) is 4.79 Å². The molecule has 0 spiro atoms. The van der Waals surface area contributed by atoms with Gasteiger partial charge in [-0.25, -0.2) is 9.78 Å². The molecule has 0 saturated heterocycles. The number of pyridine rings is 1. The van der Waals surface area contributed by atoms with E-state index in [4.69, 9.17) is 16.3 Å². The number of rotatable bonds is 2. The van der Waals surface area contributed by atoms with Gasteiger partial charge in [0.2, 0.25) is 0 Å². The van der Waals surface area contributed by atoms with Gasteiger partial charge in [0.15, 0.2) is 11.5 Å². The molecular formula is C13H11ClN4O2S. The first-order valence-electron chi connectivity index (χ1n) is 6.08. The van der Waals surface area contributed by atoms with Crippen LogP contribution in [0.2, 0.25) is 5.02 Å². The first-order valence-corrected chi connectivity index (χ1v) is 7.27. The second-order valence-corrected chi connectivity index (χ2v) is 6.04. The Labute approximate surface area is 129 Å². The van der Waals surface area contributed by atoms with Crippen LogP contribution in [0.1, 0.15) is 21.1 Å². The quantitative estimate of drug-likeness (QED) is 0.678. The molecule has 8 heteroatoms. The predicted octanol–water partition coefficient (Wildman–Crippen LogP) is 2.91. The van der Waals surface area contributed by atoms with Crippen LogP contribution in [-0.4, -0.2) is 32.7 Å². The summed E-state index contributed by atoms with van der Waals surface area (Å²) in [4.78, 5) is 17.0. The molecule has 0 aliphatic carbocycles. The Bertz CT molecular complexity index is 855. The largest absolute Gasteiger partial charge is 0.465 e. The number of methoxy groups -OCH3 is 1. The van der Waals surface area contributed by atoms with Gasteiger partial charge >= 0.3 is 5.97 Å². The highest BCUT2D eigenvalue weighted by atomic mass is 35.5. The summed E-state index contributed by atoms with van der Waals surface area (Å²) in [6.45, 7) is 3.84. The third-order valence-electron chi connectivity index (χ3n) is 2.99. The summed E-state index contributed by atoms with van der Waals surface area (Å²) in [6.07, 6.45) is 1.62. The first kappa shape index (κ1) is 14.0. The number of carbonyl (C=O) groups excluding carboxylic acids is 1. The smallest absolute Gasteiger partial charge is 0.339 e. The van der Waals surface area contributed by atoms with Gasteiger partial charge in [-0.15, -0.1) is 21.5 Å². The summed E-state index contributed by atoms with van der Waals surface area (Å²) < 4.78 is 6.42. The lowest BCUT2D eigenvalue weighted by molar-refractivity contribution is 0.0600. The summed E-state index contributed by atoms with van der Waals surface area (Å²) >= 11 is 7.68. The Kier molecular flexibility index (Phi) is 3.38. The molecule has 0 atom stereocenters. The number of thiazole rings is 1. The van der Waals surface area contributed by atoms with Gasteiger partial charge in [0.25, 0.3) is 0 Å². The number of aryl methyl sites for hydroxylation is 2. The number of carbonyl (C=O) groups is 1. The van der Waals surface area contributed by atoms with Crippen LogP contribution in [0.15, 0.2) is 12.3 Å². The van der Waals surface area contributed by atoms with Crippen molar-refractivity contribution in [2.24, 2.45) is 0 Å². The van der Waals surface area contributed by atoms with Crippen LogP contribution in [0.3, 0.4) is 0 Å². The molecule has 21 heavy (non-hydrogen) atoms. The van der Waals surface area contributed by atoms with Crippen molar-refractivity contribution < 1.29 is 9.53 Å². The van der Waals surface area contributed by atoms with E-state index >= 15 is 0 Å². The van der Waals surface area contributed by atoms with Gasteiger partial charge in [-0.1, -0.05) is 11.6 Å². The minimum atomic E-state index is -0.462. The molecule has 108 valence electrons. The second-order valence-electron chi connectivity index (χ2n) is 4.43. The first-order chi connectivity index (χ1) is 10.0. The van der Waals surface area contributed by atoms with Crippen molar-refractivity contribution in [3.8, 4) is 10.7 Å². The molecule has 0 radical (unpaired) electrons. The zero-order valence-electron chi connectivity index (χ0n) is 11.5. The van der Waals surface area contributed by atoms with E-state index in [-0.39, 0.29) is 0 Å². The van der Waals surface area contributed by atoms with Crippen molar-refractivity contribution in [1.29, 1.82) is 0 Å². The molecule has 3 heterocycles. The van der Waals surface area contributed by atoms with Crippen LogP contribution in [-0.2, 0) is 4.74 Å². The molecule has 6 nitrogen and oxygen atoms in total. The molecule has 0 aliphatic rings. The van der Waals surface area contributed by atoms with E-state index in [1.54, 1.807) is 10.6 Å². The maximum atomic E-state index is 11.7. The van der Waals surface area contributed by atoms with E-state index in [2.05, 4.69) is 15.2 Å². The molecule has 0 unspecified atom stereocenters. The SMILES string of the molecule is COC(=O)c1cc(Cl)c2nnc(-c3sc(C)nc3C)n2c1. The zero-order valence-corrected chi connectivity index (χ0v) is 13.1. The maximum absolute atomic E-state index is 11.7. The van der Waals surface area contributed by atoms with Crippen LogP contribution in [0.4, 0.5) is 0 Å². The minimum absolute atomic E-state index is 0.343. The molecule has 0 bridgehead atoms. The van der Waals surface area contributed by atoms with Gasteiger partial charge in [-0.3, -0.25) is 4.40 Å². The number of nitrogens with zero attached hydrogens (tertiary/aromatic N) is 4. The zero-order chi connectivity index (χ0) is 15.1. The molecule has 3 rings (SSSR count). The summed E-state index contributed by atoms with van der Waals surface area (Å²) in [5.74, 6) is 0.149. The number of aromatic nitrogens is 4. The molecular weight excluding hydrogens is 312 g/mol. The van der Waals surface area contributed by atoms with Gasteiger partial charge in [0, 0.05) is 6.20 Å². The fourth-order valence-corrected chi connectivity index (χ4v) is 3.23. The summed E-state index contributed by atoms with van der Waals surface area (Å²) in [5, 5.41) is 9.54. The van der Waals surface area contributed by atoms with Crippen LogP contribution in [0.5, 0.6) is 0 Å². The van der Waals surface area contributed by atoms with Crippen LogP contribution < -0.4 is 0 Å². The lowest BCUT2D eigenvalue weighted by Crippen LogP contribution is -2.03. The Morgan fingerprint density at radius 3 is 2.76 bits per heavy atom. The molecule has 0 fully saturated rings.